The second-order valence-electron chi connectivity index (χ2n) is 8.93. The number of nitrogens with zero attached hydrogens (tertiary/aromatic N) is 1. The van der Waals surface area contributed by atoms with Crippen molar-refractivity contribution in [3.8, 4) is 17.6 Å². The van der Waals surface area contributed by atoms with Crippen molar-refractivity contribution in [3.63, 3.8) is 0 Å². The number of benzene rings is 1. The molecule has 6 nitrogen and oxygen atoms in total. The summed E-state index contributed by atoms with van der Waals surface area (Å²) < 4.78 is 23.4. The molecule has 1 aromatic carbocycles. The SMILES string of the molecule is CC(C)(C)C(O)COc1ccc(B2OC(C)(C)C(C)(C)O2)cc1OCC#N. The highest BCUT2D eigenvalue weighted by molar-refractivity contribution is 6.62. The van der Waals surface area contributed by atoms with Crippen LogP contribution in [0.1, 0.15) is 48.5 Å². The van der Waals surface area contributed by atoms with Gasteiger partial charge in [-0.3, -0.25) is 0 Å². The standard InChI is InChI=1S/C20H30BNO5/c1-18(2,3)17(23)13-25-15-9-8-14(12-16(15)24-11-10-22)21-26-19(4,5)20(6,7)27-21/h8-9,12,17,23H,11,13H2,1-7H3. The Morgan fingerprint density at radius 1 is 1.11 bits per heavy atom. The maximum atomic E-state index is 10.2. The molecule has 1 N–H and O–H groups in total. The summed E-state index contributed by atoms with van der Waals surface area (Å²) in [4.78, 5) is 0. The lowest BCUT2D eigenvalue weighted by Gasteiger charge is -2.32. The van der Waals surface area contributed by atoms with Gasteiger partial charge in [-0.2, -0.15) is 5.26 Å². The summed E-state index contributed by atoms with van der Waals surface area (Å²) in [5.41, 5.74) is -0.407. The molecular formula is C20H30BNO5. The highest BCUT2D eigenvalue weighted by Crippen LogP contribution is 2.37. The molecule has 1 fully saturated rings. The van der Waals surface area contributed by atoms with Gasteiger partial charge in [-0.05, 0) is 50.7 Å². The summed E-state index contributed by atoms with van der Waals surface area (Å²) in [5.74, 6) is 0.888. The van der Waals surface area contributed by atoms with Crippen LogP contribution in [0.4, 0.5) is 0 Å². The Bertz CT molecular complexity index is 689. The molecule has 1 saturated heterocycles. The van der Waals surface area contributed by atoms with Crippen LogP contribution in [0.5, 0.6) is 11.5 Å². The van der Waals surface area contributed by atoms with Crippen molar-refractivity contribution in [1.82, 2.24) is 0 Å². The fourth-order valence-electron chi connectivity index (χ4n) is 2.41. The van der Waals surface area contributed by atoms with Crippen molar-refractivity contribution < 1.29 is 23.9 Å². The topological polar surface area (TPSA) is 80.9 Å². The second-order valence-corrected chi connectivity index (χ2v) is 8.93. The van der Waals surface area contributed by atoms with Gasteiger partial charge in [0, 0.05) is 0 Å². The molecule has 1 aliphatic rings. The third-order valence-electron chi connectivity index (χ3n) is 5.18. The van der Waals surface area contributed by atoms with Gasteiger partial charge >= 0.3 is 7.12 Å². The Kier molecular flexibility index (Phi) is 6.15. The molecule has 0 radical (unpaired) electrons. The zero-order valence-electron chi connectivity index (χ0n) is 17.3. The first-order chi connectivity index (χ1) is 12.4. The maximum Gasteiger partial charge on any atom is 0.494 e. The van der Waals surface area contributed by atoms with Gasteiger partial charge < -0.3 is 23.9 Å². The summed E-state index contributed by atoms with van der Waals surface area (Å²) in [6, 6.07) is 7.32. The lowest BCUT2D eigenvalue weighted by atomic mass is 9.79. The van der Waals surface area contributed by atoms with E-state index < -0.39 is 24.4 Å². The van der Waals surface area contributed by atoms with E-state index in [0.717, 1.165) is 5.46 Å². The number of nitriles is 1. The molecular weight excluding hydrogens is 345 g/mol. The molecule has 7 heteroatoms. The molecule has 1 aromatic rings. The number of aliphatic hydroxyl groups excluding tert-OH is 1. The van der Waals surface area contributed by atoms with E-state index in [1.165, 1.54) is 0 Å². The predicted octanol–water partition coefficient (Wildman–Crippen LogP) is 2.67. The highest BCUT2D eigenvalue weighted by Gasteiger charge is 2.51. The van der Waals surface area contributed by atoms with Gasteiger partial charge in [0.15, 0.2) is 18.1 Å². The largest absolute Gasteiger partial charge is 0.494 e. The van der Waals surface area contributed by atoms with Crippen molar-refractivity contribution in [2.45, 2.75) is 65.8 Å². The number of rotatable bonds is 6. The van der Waals surface area contributed by atoms with Crippen molar-refractivity contribution in [3.05, 3.63) is 18.2 Å². The first-order valence-corrected chi connectivity index (χ1v) is 9.17. The zero-order valence-corrected chi connectivity index (χ0v) is 17.3. The van der Waals surface area contributed by atoms with Crippen LogP contribution >= 0.6 is 0 Å². The normalized spacial score (nSPS) is 19.4. The van der Waals surface area contributed by atoms with Crippen LogP contribution in [0, 0.1) is 16.7 Å². The molecule has 1 heterocycles. The van der Waals surface area contributed by atoms with E-state index in [-0.39, 0.29) is 18.6 Å². The minimum absolute atomic E-state index is 0.106. The minimum Gasteiger partial charge on any atom is -0.487 e. The van der Waals surface area contributed by atoms with Crippen LogP contribution in [0.2, 0.25) is 0 Å². The van der Waals surface area contributed by atoms with Crippen LogP contribution in [0.15, 0.2) is 18.2 Å². The monoisotopic (exact) mass is 375 g/mol. The quantitative estimate of drug-likeness (QED) is 0.770. The third-order valence-corrected chi connectivity index (χ3v) is 5.18. The molecule has 0 saturated carbocycles. The lowest BCUT2D eigenvalue weighted by Crippen LogP contribution is -2.41. The Balaban J connectivity index is 2.22. The van der Waals surface area contributed by atoms with E-state index in [1.54, 1.807) is 12.1 Å². The summed E-state index contributed by atoms with van der Waals surface area (Å²) in [6.07, 6.45) is -0.635. The summed E-state index contributed by atoms with van der Waals surface area (Å²) in [5, 5.41) is 19.1. The molecule has 148 valence electrons. The van der Waals surface area contributed by atoms with Gasteiger partial charge in [-0.1, -0.05) is 26.8 Å². The predicted molar refractivity (Wildman–Crippen MR) is 104 cm³/mol. The highest BCUT2D eigenvalue weighted by atomic mass is 16.7. The van der Waals surface area contributed by atoms with Crippen LogP contribution in [0.3, 0.4) is 0 Å². The Labute approximate surface area is 162 Å². The van der Waals surface area contributed by atoms with Crippen LogP contribution in [0.25, 0.3) is 0 Å². The van der Waals surface area contributed by atoms with Crippen molar-refractivity contribution in [2.75, 3.05) is 13.2 Å². The van der Waals surface area contributed by atoms with Crippen LogP contribution < -0.4 is 14.9 Å². The van der Waals surface area contributed by atoms with Gasteiger partial charge in [-0.15, -0.1) is 0 Å². The van der Waals surface area contributed by atoms with Crippen LogP contribution in [-0.4, -0.2) is 42.7 Å². The fraction of sp³-hybridized carbons (Fsp3) is 0.650. The third kappa shape index (κ3) is 4.95. The number of hydrogen-bond acceptors (Lipinski definition) is 6. The van der Waals surface area contributed by atoms with Crippen molar-refractivity contribution in [2.24, 2.45) is 5.41 Å². The first kappa shape index (κ1) is 21.6. The summed E-state index contributed by atoms with van der Waals surface area (Å²) >= 11 is 0. The van der Waals surface area contributed by atoms with E-state index in [2.05, 4.69) is 0 Å². The van der Waals surface area contributed by atoms with Gasteiger partial charge in [0.05, 0.1) is 17.3 Å². The Morgan fingerprint density at radius 2 is 1.70 bits per heavy atom. The second kappa shape index (κ2) is 7.71. The molecule has 1 atom stereocenters. The molecule has 0 amide bonds. The molecule has 2 rings (SSSR count). The summed E-state index contributed by atoms with van der Waals surface area (Å²) in [7, 11) is -0.534. The van der Waals surface area contributed by atoms with E-state index in [0.29, 0.717) is 11.5 Å². The lowest BCUT2D eigenvalue weighted by molar-refractivity contribution is 0.00578. The summed E-state index contributed by atoms with van der Waals surface area (Å²) in [6.45, 7) is 13.8. The number of hydrogen-bond donors (Lipinski definition) is 1. The van der Waals surface area contributed by atoms with E-state index in [9.17, 15) is 5.11 Å². The molecule has 0 spiro atoms. The van der Waals surface area contributed by atoms with E-state index >= 15 is 0 Å². The molecule has 1 unspecified atom stereocenters. The molecule has 1 aliphatic heterocycles. The minimum atomic E-state index is -0.635. The maximum absolute atomic E-state index is 10.2. The van der Waals surface area contributed by atoms with Gasteiger partial charge in [0.1, 0.15) is 12.7 Å². The molecule has 0 aliphatic carbocycles. The first-order valence-electron chi connectivity index (χ1n) is 9.17. The van der Waals surface area contributed by atoms with E-state index in [4.69, 9.17) is 24.0 Å². The Morgan fingerprint density at radius 3 is 2.22 bits per heavy atom. The number of ether oxygens (including phenoxy) is 2. The molecule has 0 aromatic heterocycles. The van der Waals surface area contributed by atoms with Gasteiger partial charge in [0.25, 0.3) is 0 Å². The van der Waals surface area contributed by atoms with Crippen LogP contribution in [-0.2, 0) is 9.31 Å². The Hall–Kier alpha value is -1.75. The van der Waals surface area contributed by atoms with Crippen molar-refractivity contribution >= 4 is 12.6 Å². The molecule has 27 heavy (non-hydrogen) atoms. The average Bonchev–Trinajstić information content (AvgIpc) is 2.78. The van der Waals surface area contributed by atoms with Gasteiger partial charge in [-0.25, -0.2) is 0 Å². The molecule has 0 bridgehead atoms. The average molecular weight is 375 g/mol. The van der Waals surface area contributed by atoms with Crippen molar-refractivity contribution in [1.29, 1.82) is 5.26 Å². The number of aliphatic hydroxyl groups is 1. The smallest absolute Gasteiger partial charge is 0.487 e. The van der Waals surface area contributed by atoms with E-state index in [1.807, 2.05) is 60.6 Å². The fourth-order valence-corrected chi connectivity index (χ4v) is 2.41. The van der Waals surface area contributed by atoms with Gasteiger partial charge in [0.2, 0.25) is 0 Å². The zero-order chi connectivity index (χ0) is 20.5.